The molecule has 2 heteroatoms. The van der Waals surface area contributed by atoms with Crippen LogP contribution in [0.15, 0.2) is 18.2 Å². The van der Waals surface area contributed by atoms with Crippen LogP contribution in [0.3, 0.4) is 0 Å². The van der Waals surface area contributed by atoms with Crippen LogP contribution < -0.4 is 0 Å². The summed E-state index contributed by atoms with van der Waals surface area (Å²) in [5, 5.41) is 0. The molecule has 1 amide bonds. The molecule has 2 nitrogen and oxygen atoms in total. The van der Waals surface area contributed by atoms with E-state index in [0.717, 1.165) is 24.0 Å². The number of amides is 1. The number of hydrogen-bond donors (Lipinski definition) is 0. The molecule has 0 radical (unpaired) electrons. The maximum Gasteiger partial charge on any atom is 0.254 e. The molecular weight excluding hydrogens is 210 g/mol. The fourth-order valence-electron chi connectivity index (χ4n) is 2.37. The van der Waals surface area contributed by atoms with Gasteiger partial charge in [-0.15, -0.1) is 0 Å². The highest BCUT2D eigenvalue weighted by Crippen LogP contribution is 2.30. The third-order valence-electron chi connectivity index (χ3n) is 3.34. The molecule has 2 rings (SSSR count). The molecule has 0 spiro atoms. The molecule has 0 unspecified atom stereocenters. The first-order valence-corrected chi connectivity index (χ1v) is 6.40. The number of aryl methyl sites for hydroxylation is 2. The van der Waals surface area contributed by atoms with Gasteiger partial charge in [0.05, 0.1) is 0 Å². The number of hydrogen-bond acceptors (Lipinski definition) is 1. The Balaban J connectivity index is 2.28. The molecule has 1 aromatic carbocycles. The predicted molar refractivity (Wildman–Crippen MR) is 70.2 cm³/mol. The topological polar surface area (TPSA) is 20.3 Å². The van der Waals surface area contributed by atoms with Crippen LogP contribution in [0.4, 0.5) is 0 Å². The maximum absolute atomic E-state index is 12.5. The van der Waals surface area contributed by atoms with Gasteiger partial charge >= 0.3 is 0 Å². The average Bonchev–Trinajstić information content (AvgIpc) is 3.01. The van der Waals surface area contributed by atoms with Gasteiger partial charge in [-0.2, -0.15) is 0 Å². The zero-order chi connectivity index (χ0) is 12.6. The Morgan fingerprint density at radius 3 is 2.41 bits per heavy atom. The average molecular weight is 231 g/mol. The quantitative estimate of drug-likeness (QED) is 0.781. The highest BCUT2D eigenvalue weighted by atomic mass is 16.2. The van der Waals surface area contributed by atoms with Gasteiger partial charge in [0, 0.05) is 17.6 Å². The van der Waals surface area contributed by atoms with E-state index in [1.807, 2.05) is 24.0 Å². The van der Waals surface area contributed by atoms with E-state index in [0.29, 0.717) is 6.04 Å². The van der Waals surface area contributed by atoms with Gasteiger partial charge in [-0.05, 0) is 52.2 Å². The van der Waals surface area contributed by atoms with Gasteiger partial charge in [0.25, 0.3) is 5.91 Å². The molecule has 0 aromatic heterocycles. The van der Waals surface area contributed by atoms with E-state index in [9.17, 15) is 4.79 Å². The van der Waals surface area contributed by atoms with Crippen molar-refractivity contribution < 1.29 is 4.79 Å². The van der Waals surface area contributed by atoms with E-state index in [1.54, 1.807) is 0 Å². The van der Waals surface area contributed by atoms with Crippen molar-refractivity contribution in [2.24, 2.45) is 0 Å². The lowest BCUT2D eigenvalue weighted by Gasteiger charge is -2.27. The van der Waals surface area contributed by atoms with Crippen LogP contribution in [0, 0.1) is 13.8 Å². The second-order valence-corrected chi connectivity index (χ2v) is 5.36. The number of nitrogens with zero attached hydrogens (tertiary/aromatic N) is 1. The van der Waals surface area contributed by atoms with E-state index in [1.165, 1.54) is 5.56 Å². The van der Waals surface area contributed by atoms with Crippen molar-refractivity contribution in [2.75, 3.05) is 0 Å². The third-order valence-corrected chi connectivity index (χ3v) is 3.34. The molecule has 1 aliphatic rings. The van der Waals surface area contributed by atoms with Crippen LogP contribution in [0.25, 0.3) is 0 Å². The third kappa shape index (κ3) is 2.51. The van der Waals surface area contributed by atoms with Crippen molar-refractivity contribution >= 4 is 5.91 Å². The number of rotatable bonds is 3. The number of benzene rings is 1. The Morgan fingerprint density at radius 1 is 1.29 bits per heavy atom. The van der Waals surface area contributed by atoms with Gasteiger partial charge in [-0.25, -0.2) is 0 Å². The van der Waals surface area contributed by atoms with Crippen LogP contribution in [0.1, 0.15) is 48.2 Å². The lowest BCUT2D eigenvalue weighted by atomic mass is 10.0. The molecule has 0 atom stereocenters. The van der Waals surface area contributed by atoms with E-state index < -0.39 is 0 Å². The maximum atomic E-state index is 12.5. The smallest absolute Gasteiger partial charge is 0.254 e. The Hall–Kier alpha value is -1.31. The van der Waals surface area contributed by atoms with E-state index in [4.69, 9.17) is 0 Å². The van der Waals surface area contributed by atoms with Crippen LogP contribution in [0.2, 0.25) is 0 Å². The molecular formula is C15H21NO. The molecule has 0 N–H and O–H groups in total. The lowest BCUT2D eigenvalue weighted by Crippen LogP contribution is -2.39. The Labute approximate surface area is 104 Å². The van der Waals surface area contributed by atoms with Crippen LogP contribution in [0.5, 0.6) is 0 Å². The largest absolute Gasteiger partial charge is 0.333 e. The van der Waals surface area contributed by atoms with Crippen LogP contribution in [-0.2, 0) is 0 Å². The first-order chi connectivity index (χ1) is 8.00. The van der Waals surface area contributed by atoms with Gasteiger partial charge in [-0.3, -0.25) is 4.79 Å². The highest BCUT2D eigenvalue weighted by molar-refractivity contribution is 5.96. The Bertz CT molecular complexity index is 431. The lowest BCUT2D eigenvalue weighted by molar-refractivity contribution is 0.0689. The second kappa shape index (κ2) is 4.52. The predicted octanol–water partition coefficient (Wildman–Crippen LogP) is 3.32. The summed E-state index contributed by atoms with van der Waals surface area (Å²) in [4.78, 5) is 14.6. The molecule has 1 aromatic rings. The minimum atomic E-state index is 0.194. The van der Waals surface area contributed by atoms with Crippen molar-refractivity contribution in [3.8, 4) is 0 Å². The fourth-order valence-corrected chi connectivity index (χ4v) is 2.37. The zero-order valence-corrected chi connectivity index (χ0v) is 11.2. The van der Waals surface area contributed by atoms with E-state index in [2.05, 4.69) is 26.8 Å². The minimum absolute atomic E-state index is 0.194. The molecule has 1 saturated carbocycles. The molecule has 92 valence electrons. The summed E-state index contributed by atoms with van der Waals surface area (Å²) in [6.07, 6.45) is 2.32. The summed E-state index contributed by atoms with van der Waals surface area (Å²) in [7, 11) is 0. The van der Waals surface area contributed by atoms with Crippen molar-refractivity contribution in [1.82, 2.24) is 4.90 Å². The summed E-state index contributed by atoms with van der Waals surface area (Å²) in [5.74, 6) is 0.194. The first-order valence-electron chi connectivity index (χ1n) is 6.40. The highest BCUT2D eigenvalue weighted by Gasteiger charge is 2.34. The van der Waals surface area contributed by atoms with Gasteiger partial charge in [0.2, 0.25) is 0 Å². The van der Waals surface area contributed by atoms with Crippen molar-refractivity contribution in [3.63, 3.8) is 0 Å². The van der Waals surface area contributed by atoms with Crippen LogP contribution >= 0.6 is 0 Å². The fraction of sp³-hybridized carbons (Fsp3) is 0.533. The van der Waals surface area contributed by atoms with Crippen molar-refractivity contribution in [1.29, 1.82) is 0 Å². The first kappa shape index (κ1) is 12.2. The molecule has 0 aliphatic heterocycles. The molecule has 1 aliphatic carbocycles. The molecule has 0 heterocycles. The summed E-state index contributed by atoms with van der Waals surface area (Å²) in [5.41, 5.74) is 3.15. The molecule has 17 heavy (non-hydrogen) atoms. The van der Waals surface area contributed by atoms with Crippen molar-refractivity contribution in [3.05, 3.63) is 34.9 Å². The summed E-state index contributed by atoms with van der Waals surface area (Å²) < 4.78 is 0. The molecule has 0 saturated heterocycles. The Kier molecular flexibility index (Phi) is 3.23. The monoisotopic (exact) mass is 231 g/mol. The summed E-state index contributed by atoms with van der Waals surface area (Å²) in [6, 6.07) is 6.83. The zero-order valence-electron chi connectivity index (χ0n) is 11.2. The minimum Gasteiger partial charge on any atom is -0.333 e. The number of carbonyl (C=O) groups is 1. The van der Waals surface area contributed by atoms with Gasteiger partial charge in [-0.1, -0.05) is 17.7 Å². The SMILES string of the molecule is Cc1ccc(C(=O)N(C(C)C)C2CC2)c(C)c1. The second-order valence-electron chi connectivity index (χ2n) is 5.36. The summed E-state index contributed by atoms with van der Waals surface area (Å²) in [6.45, 7) is 8.27. The molecule has 1 fully saturated rings. The summed E-state index contributed by atoms with van der Waals surface area (Å²) >= 11 is 0. The number of carbonyl (C=O) groups excluding carboxylic acids is 1. The van der Waals surface area contributed by atoms with Gasteiger partial charge < -0.3 is 4.90 Å². The standard InChI is InChI=1S/C15H21NO/c1-10(2)16(13-6-7-13)15(17)14-8-5-11(3)9-12(14)4/h5,8-10,13H,6-7H2,1-4H3. The van der Waals surface area contributed by atoms with Gasteiger partial charge in [0.1, 0.15) is 0 Å². The van der Waals surface area contributed by atoms with Crippen LogP contribution in [-0.4, -0.2) is 22.9 Å². The van der Waals surface area contributed by atoms with Gasteiger partial charge in [0.15, 0.2) is 0 Å². The van der Waals surface area contributed by atoms with Crippen molar-refractivity contribution in [2.45, 2.75) is 52.6 Å². The van der Waals surface area contributed by atoms with E-state index >= 15 is 0 Å². The molecule has 0 bridgehead atoms. The van der Waals surface area contributed by atoms with E-state index in [-0.39, 0.29) is 11.9 Å². The Morgan fingerprint density at radius 2 is 1.94 bits per heavy atom. The normalized spacial score (nSPS) is 15.1.